The van der Waals surface area contributed by atoms with Crippen LogP contribution in [0.3, 0.4) is 0 Å². The Hall–Kier alpha value is -1.34. The van der Waals surface area contributed by atoms with Crippen molar-refractivity contribution in [3.8, 4) is 0 Å². The highest BCUT2D eigenvalue weighted by Gasteiger charge is 2.24. The number of aromatic nitrogens is 2. The Morgan fingerprint density at radius 1 is 1.33 bits per heavy atom. The van der Waals surface area contributed by atoms with E-state index in [2.05, 4.69) is 9.97 Å². The van der Waals surface area contributed by atoms with E-state index in [1.54, 1.807) is 0 Å². The molecule has 0 aliphatic carbocycles. The molecule has 0 spiro atoms. The van der Waals surface area contributed by atoms with E-state index in [9.17, 15) is 9.36 Å². The van der Waals surface area contributed by atoms with Crippen molar-refractivity contribution in [1.82, 2.24) is 14.9 Å². The third-order valence-electron chi connectivity index (χ3n) is 2.44. The van der Waals surface area contributed by atoms with Gasteiger partial charge in [-0.25, -0.2) is 4.98 Å². The van der Waals surface area contributed by atoms with E-state index in [1.807, 2.05) is 0 Å². The number of amides is 1. The van der Waals surface area contributed by atoms with Gasteiger partial charge in [0.2, 0.25) is 0 Å². The largest absolute Gasteiger partial charge is 0.378 e. The molecule has 1 aromatic rings. The normalized spacial score (nSPS) is 16.7. The number of carbonyl (C=O) groups excluding carboxylic acids is 1. The van der Waals surface area contributed by atoms with E-state index < -0.39 is 18.9 Å². The van der Waals surface area contributed by atoms with E-state index in [0.717, 1.165) is 6.20 Å². The summed E-state index contributed by atoms with van der Waals surface area (Å²) in [5.74, 6) is -0.402. The smallest absolute Gasteiger partial charge is 0.376 e. The molecule has 0 saturated carbocycles. The lowest BCUT2D eigenvalue weighted by molar-refractivity contribution is 0.0299. The van der Waals surface area contributed by atoms with Gasteiger partial charge in [-0.1, -0.05) is 0 Å². The molecule has 1 aliphatic rings. The van der Waals surface area contributed by atoms with Crippen LogP contribution in [-0.4, -0.2) is 56.9 Å². The number of hydrogen-bond acceptors (Lipinski definition) is 5. The first kappa shape index (κ1) is 13.1. The van der Waals surface area contributed by atoms with Crippen LogP contribution in [0, 0.1) is 0 Å². The van der Waals surface area contributed by atoms with Crippen LogP contribution in [0.5, 0.6) is 0 Å². The van der Waals surface area contributed by atoms with Gasteiger partial charge in [0, 0.05) is 13.1 Å². The Kier molecular flexibility index (Phi) is 3.72. The predicted molar refractivity (Wildman–Crippen MR) is 60.4 cm³/mol. The molecule has 1 saturated heterocycles. The van der Waals surface area contributed by atoms with Crippen LogP contribution in [0.4, 0.5) is 0 Å². The van der Waals surface area contributed by atoms with Gasteiger partial charge in [0.25, 0.3) is 5.91 Å². The van der Waals surface area contributed by atoms with Gasteiger partial charge < -0.3 is 19.4 Å². The number of ether oxygens (including phenoxy) is 1. The van der Waals surface area contributed by atoms with Gasteiger partial charge in [-0.3, -0.25) is 14.3 Å². The highest BCUT2D eigenvalue weighted by atomic mass is 31.2. The van der Waals surface area contributed by atoms with E-state index in [0.29, 0.717) is 26.3 Å². The molecule has 0 aromatic carbocycles. The van der Waals surface area contributed by atoms with Crippen molar-refractivity contribution in [1.29, 1.82) is 0 Å². The SMILES string of the molecule is O=C(c1cncc(P(=O)(O)O)n1)N1CCOCC1. The van der Waals surface area contributed by atoms with Gasteiger partial charge in [0.1, 0.15) is 5.69 Å². The monoisotopic (exact) mass is 273 g/mol. The first-order valence-electron chi connectivity index (χ1n) is 5.23. The summed E-state index contributed by atoms with van der Waals surface area (Å²) in [5.41, 5.74) is -0.570. The molecular formula is C9H12N3O5P. The highest BCUT2D eigenvalue weighted by molar-refractivity contribution is 7.59. The molecule has 9 heteroatoms. The van der Waals surface area contributed by atoms with E-state index in [4.69, 9.17) is 14.5 Å². The average Bonchev–Trinajstić information content (AvgIpc) is 2.38. The topological polar surface area (TPSA) is 113 Å². The number of hydrogen-bond donors (Lipinski definition) is 2. The first-order valence-corrected chi connectivity index (χ1v) is 6.85. The van der Waals surface area contributed by atoms with Crippen LogP contribution in [0.2, 0.25) is 0 Å². The van der Waals surface area contributed by atoms with Crippen molar-refractivity contribution in [2.24, 2.45) is 0 Å². The summed E-state index contributed by atoms with van der Waals surface area (Å²) in [6, 6.07) is 0. The van der Waals surface area contributed by atoms with Crippen LogP contribution in [-0.2, 0) is 9.30 Å². The second kappa shape index (κ2) is 5.11. The quantitative estimate of drug-likeness (QED) is 0.647. The lowest BCUT2D eigenvalue weighted by atomic mass is 10.3. The molecule has 8 nitrogen and oxygen atoms in total. The molecule has 0 bridgehead atoms. The summed E-state index contributed by atoms with van der Waals surface area (Å²) < 4.78 is 16.1. The van der Waals surface area contributed by atoms with Crippen molar-refractivity contribution in [3.05, 3.63) is 18.1 Å². The highest BCUT2D eigenvalue weighted by Crippen LogP contribution is 2.31. The lowest BCUT2D eigenvalue weighted by Crippen LogP contribution is -2.41. The van der Waals surface area contributed by atoms with Crippen molar-refractivity contribution in [2.75, 3.05) is 26.3 Å². The Bertz CT molecular complexity index is 497. The molecule has 1 amide bonds. The van der Waals surface area contributed by atoms with Gasteiger partial charge in [-0.2, -0.15) is 0 Å². The van der Waals surface area contributed by atoms with E-state index >= 15 is 0 Å². The van der Waals surface area contributed by atoms with Gasteiger partial charge in [-0.15, -0.1) is 0 Å². The average molecular weight is 273 g/mol. The molecular weight excluding hydrogens is 261 g/mol. The van der Waals surface area contributed by atoms with E-state index in [1.165, 1.54) is 11.1 Å². The Morgan fingerprint density at radius 2 is 2.00 bits per heavy atom. The number of morpholine rings is 1. The third kappa shape index (κ3) is 2.91. The van der Waals surface area contributed by atoms with Crippen molar-refractivity contribution in [2.45, 2.75) is 0 Å². The minimum atomic E-state index is -4.49. The first-order chi connectivity index (χ1) is 8.48. The molecule has 1 fully saturated rings. The molecule has 0 atom stereocenters. The summed E-state index contributed by atoms with van der Waals surface area (Å²) in [7, 11) is -4.49. The van der Waals surface area contributed by atoms with Crippen LogP contribution in [0.1, 0.15) is 10.5 Å². The zero-order valence-electron chi connectivity index (χ0n) is 9.39. The molecule has 18 heavy (non-hydrogen) atoms. The minimum absolute atomic E-state index is 0.0716. The van der Waals surface area contributed by atoms with Crippen LogP contribution in [0.15, 0.2) is 12.4 Å². The summed E-state index contributed by atoms with van der Waals surface area (Å²) >= 11 is 0. The predicted octanol–water partition coefficient (Wildman–Crippen LogP) is -1.25. The second-order valence-corrected chi connectivity index (χ2v) is 5.26. The number of rotatable bonds is 2. The number of carbonyl (C=O) groups is 1. The molecule has 2 rings (SSSR count). The van der Waals surface area contributed by atoms with Crippen molar-refractivity contribution >= 4 is 18.9 Å². The molecule has 2 heterocycles. The standard InChI is InChI=1S/C9H12N3O5P/c13-9(12-1-3-17-4-2-12)7-5-10-6-8(11-7)18(14,15)16/h5-6H,1-4H2,(H2,14,15,16). The lowest BCUT2D eigenvalue weighted by Gasteiger charge is -2.26. The molecule has 0 radical (unpaired) electrons. The summed E-state index contributed by atoms with van der Waals surface area (Å²) in [4.78, 5) is 38.7. The summed E-state index contributed by atoms with van der Waals surface area (Å²) in [5, 5.41) is 0. The third-order valence-corrected chi connectivity index (χ3v) is 3.25. The summed E-state index contributed by atoms with van der Waals surface area (Å²) in [6.07, 6.45) is 2.15. The second-order valence-electron chi connectivity index (χ2n) is 3.71. The molecule has 0 unspecified atom stereocenters. The zero-order valence-corrected chi connectivity index (χ0v) is 10.3. The summed E-state index contributed by atoms with van der Waals surface area (Å²) in [6.45, 7) is 1.75. The number of nitrogens with zero attached hydrogens (tertiary/aromatic N) is 3. The van der Waals surface area contributed by atoms with E-state index in [-0.39, 0.29) is 5.69 Å². The zero-order chi connectivity index (χ0) is 13.2. The van der Waals surface area contributed by atoms with Gasteiger partial charge >= 0.3 is 7.60 Å². The Balaban J connectivity index is 2.22. The fourth-order valence-electron chi connectivity index (χ4n) is 1.53. The van der Waals surface area contributed by atoms with Crippen LogP contribution >= 0.6 is 7.60 Å². The molecule has 98 valence electrons. The van der Waals surface area contributed by atoms with Crippen LogP contribution in [0.25, 0.3) is 0 Å². The fraction of sp³-hybridized carbons (Fsp3) is 0.444. The molecule has 1 aliphatic heterocycles. The maximum Gasteiger partial charge on any atom is 0.376 e. The minimum Gasteiger partial charge on any atom is -0.378 e. The Morgan fingerprint density at radius 3 is 2.61 bits per heavy atom. The van der Waals surface area contributed by atoms with Crippen LogP contribution < -0.4 is 5.44 Å². The molecule has 2 N–H and O–H groups in total. The maximum absolute atomic E-state index is 12.0. The fourth-order valence-corrected chi connectivity index (χ4v) is 1.98. The van der Waals surface area contributed by atoms with Gasteiger partial charge in [0.15, 0.2) is 5.44 Å². The van der Waals surface area contributed by atoms with Gasteiger partial charge in [0.05, 0.1) is 25.6 Å². The van der Waals surface area contributed by atoms with Gasteiger partial charge in [-0.05, 0) is 0 Å². The Labute approximate surface area is 103 Å². The van der Waals surface area contributed by atoms with Crippen molar-refractivity contribution < 1.29 is 23.9 Å². The molecule has 1 aromatic heterocycles. The van der Waals surface area contributed by atoms with Crippen molar-refractivity contribution in [3.63, 3.8) is 0 Å². The maximum atomic E-state index is 12.0.